The molecule has 0 aromatic heterocycles. The molecule has 0 N–H and O–H groups in total. The highest BCUT2D eigenvalue weighted by atomic mass is 79.9. The minimum atomic E-state index is -0.135. The standard InChI is InChI=1S/C21H29BrO3/c1-12(23)25-18-7-6-14-13-4-5-16-19(22)17(24)9-11-20(16,2)15(13)8-10-21(14,18)3/h13-15,18H,4-11H2,1-3H3. The molecule has 4 heteroatoms. The molecule has 0 heterocycles. The third-order valence-corrected chi connectivity index (χ3v) is 9.20. The van der Waals surface area contributed by atoms with Crippen molar-refractivity contribution in [3.8, 4) is 0 Å². The van der Waals surface area contributed by atoms with Gasteiger partial charge in [0, 0.05) is 18.8 Å². The van der Waals surface area contributed by atoms with E-state index in [1.807, 2.05) is 0 Å². The van der Waals surface area contributed by atoms with Gasteiger partial charge in [0.15, 0.2) is 5.78 Å². The summed E-state index contributed by atoms with van der Waals surface area (Å²) in [5.74, 6) is 2.20. The molecule has 0 aromatic carbocycles. The Kier molecular flexibility index (Phi) is 4.22. The molecule has 3 nitrogen and oxygen atoms in total. The van der Waals surface area contributed by atoms with Crippen molar-refractivity contribution in [2.45, 2.75) is 78.2 Å². The van der Waals surface area contributed by atoms with Crippen LogP contribution >= 0.6 is 15.9 Å². The number of hydrogen-bond acceptors (Lipinski definition) is 3. The quantitative estimate of drug-likeness (QED) is 0.561. The Bertz CT molecular complexity index is 654. The Morgan fingerprint density at radius 3 is 2.56 bits per heavy atom. The second-order valence-corrected chi connectivity index (χ2v) is 10.1. The highest BCUT2D eigenvalue weighted by molar-refractivity contribution is 9.12. The first kappa shape index (κ1) is 17.8. The number of esters is 1. The number of carbonyl (C=O) groups excluding carboxylic acids is 2. The molecule has 4 aliphatic rings. The maximum Gasteiger partial charge on any atom is 0.302 e. The van der Waals surface area contributed by atoms with Crippen molar-refractivity contribution in [1.82, 2.24) is 0 Å². The predicted molar refractivity (Wildman–Crippen MR) is 100 cm³/mol. The van der Waals surface area contributed by atoms with Crippen LogP contribution in [0.4, 0.5) is 0 Å². The first-order valence-electron chi connectivity index (χ1n) is 9.87. The average Bonchev–Trinajstić information content (AvgIpc) is 2.88. The summed E-state index contributed by atoms with van der Waals surface area (Å²) in [5.41, 5.74) is 1.71. The second kappa shape index (κ2) is 5.94. The lowest BCUT2D eigenvalue weighted by Gasteiger charge is -2.58. The summed E-state index contributed by atoms with van der Waals surface area (Å²) < 4.78 is 6.61. The molecule has 3 fully saturated rings. The summed E-state index contributed by atoms with van der Waals surface area (Å²) in [5, 5.41) is 0. The van der Waals surface area contributed by atoms with Crippen molar-refractivity contribution in [3.63, 3.8) is 0 Å². The molecule has 6 atom stereocenters. The van der Waals surface area contributed by atoms with Gasteiger partial charge in [0.25, 0.3) is 0 Å². The van der Waals surface area contributed by atoms with E-state index in [-0.39, 0.29) is 22.9 Å². The van der Waals surface area contributed by atoms with Gasteiger partial charge in [0.1, 0.15) is 6.10 Å². The van der Waals surface area contributed by atoms with Gasteiger partial charge in [0.05, 0.1) is 4.48 Å². The van der Waals surface area contributed by atoms with Crippen LogP contribution in [-0.4, -0.2) is 17.9 Å². The summed E-state index contributed by atoms with van der Waals surface area (Å²) in [6, 6.07) is 0. The average molecular weight is 409 g/mol. The van der Waals surface area contributed by atoms with Crippen molar-refractivity contribution < 1.29 is 14.3 Å². The van der Waals surface area contributed by atoms with Gasteiger partial charge >= 0.3 is 5.97 Å². The van der Waals surface area contributed by atoms with Crippen LogP contribution in [0.25, 0.3) is 0 Å². The van der Waals surface area contributed by atoms with E-state index in [1.54, 1.807) is 0 Å². The van der Waals surface area contributed by atoms with Gasteiger partial charge < -0.3 is 4.74 Å². The molecule has 25 heavy (non-hydrogen) atoms. The minimum absolute atomic E-state index is 0.0976. The molecule has 3 saturated carbocycles. The lowest BCUT2D eigenvalue weighted by atomic mass is 9.47. The van der Waals surface area contributed by atoms with Crippen LogP contribution in [0.3, 0.4) is 0 Å². The maximum absolute atomic E-state index is 12.2. The normalized spacial score (nSPS) is 46.3. The van der Waals surface area contributed by atoms with Gasteiger partial charge in [-0.25, -0.2) is 0 Å². The summed E-state index contributed by atoms with van der Waals surface area (Å²) in [4.78, 5) is 23.7. The number of allylic oxidation sites excluding steroid dienone is 1. The van der Waals surface area contributed by atoms with Gasteiger partial charge in [-0.1, -0.05) is 13.8 Å². The van der Waals surface area contributed by atoms with Crippen LogP contribution in [0.2, 0.25) is 0 Å². The summed E-state index contributed by atoms with van der Waals surface area (Å²) in [6.07, 6.45) is 8.57. The van der Waals surface area contributed by atoms with E-state index in [1.165, 1.54) is 31.8 Å². The van der Waals surface area contributed by atoms with E-state index in [0.29, 0.717) is 30.0 Å². The van der Waals surface area contributed by atoms with Gasteiger partial charge in [-0.15, -0.1) is 0 Å². The van der Waals surface area contributed by atoms with Gasteiger partial charge in [0.2, 0.25) is 0 Å². The lowest BCUT2D eigenvalue weighted by molar-refractivity contribution is -0.157. The van der Waals surface area contributed by atoms with E-state index in [9.17, 15) is 9.59 Å². The molecule has 4 aliphatic carbocycles. The Hall–Kier alpha value is -0.640. The second-order valence-electron chi connectivity index (χ2n) is 9.27. The number of Topliss-reactive ketones (excluding diaryl/α,β-unsaturated/α-hetero) is 1. The number of fused-ring (bicyclic) bond motifs is 5. The highest BCUT2D eigenvalue weighted by Gasteiger charge is 2.60. The van der Waals surface area contributed by atoms with E-state index in [2.05, 4.69) is 29.8 Å². The third-order valence-electron chi connectivity index (χ3n) is 8.27. The van der Waals surface area contributed by atoms with E-state index >= 15 is 0 Å². The molecular weight excluding hydrogens is 380 g/mol. The molecule has 0 radical (unpaired) electrons. The number of rotatable bonds is 1. The van der Waals surface area contributed by atoms with Crippen LogP contribution in [0.5, 0.6) is 0 Å². The number of ether oxygens (including phenoxy) is 1. The fourth-order valence-electron chi connectivity index (χ4n) is 7.00. The number of halogens is 1. The van der Waals surface area contributed by atoms with Crippen LogP contribution in [0, 0.1) is 28.6 Å². The van der Waals surface area contributed by atoms with Crippen molar-refractivity contribution in [2.75, 3.05) is 0 Å². The van der Waals surface area contributed by atoms with Crippen molar-refractivity contribution in [1.29, 1.82) is 0 Å². The third kappa shape index (κ3) is 2.49. The van der Waals surface area contributed by atoms with E-state index in [4.69, 9.17) is 4.74 Å². The number of ketones is 1. The van der Waals surface area contributed by atoms with Gasteiger partial charge in [-0.2, -0.15) is 0 Å². The predicted octanol–water partition coefficient (Wildman–Crippen LogP) is 5.17. The number of hydrogen-bond donors (Lipinski definition) is 0. The molecule has 0 saturated heterocycles. The Labute approximate surface area is 159 Å². The van der Waals surface area contributed by atoms with E-state index < -0.39 is 0 Å². The Morgan fingerprint density at radius 1 is 1.08 bits per heavy atom. The fraction of sp³-hybridized carbons (Fsp3) is 0.810. The topological polar surface area (TPSA) is 43.4 Å². The van der Waals surface area contributed by atoms with Gasteiger partial charge in [-0.3, -0.25) is 9.59 Å². The Morgan fingerprint density at radius 2 is 1.84 bits per heavy atom. The van der Waals surface area contributed by atoms with Crippen LogP contribution in [-0.2, 0) is 14.3 Å². The first-order valence-corrected chi connectivity index (χ1v) is 10.7. The van der Waals surface area contributed by atoms with Gasteiger partial charge in [-0.05, 0) is 89.6 Å². The highest BCUT2D eigenvalue weighted by Crippen LogP contribution is 2.66. The SMILES string of the molecule is CC(=O)OC1CCC2C3CCC4=C(Br)C(=O)CCC4(C)C3CCC12C. The molecule has 0 aromatic rings. The van der Waals surface area contributed by atoms with Crippen LogP contribution < -0.4 is 0 Å². The molecule has 4 rings (SSSR count). The molecule has 0 spiro atoms. The fourth-order valence-corrected chi connectivity index (χ4v) is 7.84. The van der Waals surface area contributed by atoms with Crippen LogP contribution in [0.15, 0.2) is 10.1 Å². The first-order chi connectivity index (χ1) is 11.8. The monoisotopic (exact) mass is 408 g/mol. The summed E-state index contributed by atoms with van der Waals surface area (Å²) in [7, 11) is 0. The van der Waals surface area contributed by atoms with Crippen molar-refractivity contribution in [2.24, 2.45) is 28.6 Å². The molecular formula is C21H29BrO3. The molecule has 138 valence electrons. The summed E-state index contributed by atoms with van der Waals surface area (Å²) in [6.45, 7) is 6.31. The minimum Gasteiger partial charge on any atom is -0.462 e. The van der Waals surface area contributed by atoms with Crippen molar-refractivity contribution >= 4 is 27.7 Å². The number of carbonyl (C=O) groups is 2. The molecule has 0 bridgehead atoms. The smallest absolute Gasteiger partial charge is 0.302 e. The largest absolute Gasteiger partial charge is 0.462 e. The zero-order chi connectivity index (χ0) is 18.0. The molecule has 6 unspecified atom stereocenters. The molecule has 0 aliphatic heterocycles. The van der Waals surface area contributed by atoms with E-state index in [0.717, 1.165) is 30.2 Å². The Balaban J connectivity index is 1.65. The van der Waals surface area contributed by atoms with Crippen LogP contribution in [0.1, 0.15) is 72.1 Å². The van der Waals surface area contributed by atoms with Crippen molar-refractivity contribution in [3.05, 3.63) is 10.1 Å². The molecule has 0 amide bonds. The summed E-state index contributed by atoms with van der Waals surface area (Å²) >= 11 is 3.62. The lowest BCUT2D eigenvalue weighted by Crippen LogP contribution is -2.52. The maximum atomic E-state index is 12.2. The zero-order valence-corrected chi connectivity index (χ0v) is 17.2. The zero-order valence-electron chi connectivity index (χ0n) is 15.6.